The minimum Gasteiger partial charge on any atom is -0.431 e. The first-order valence-corrected chi connectivity index (χ1v) is 9.81. The lowest BCUT2D eigenvalue weighted by Gasteiger charge is -2.35. The number of halogens is 1. The number of anilines is 1. The fourth-order valence-electron chi connectivity index (χ4n) is 2.93. The molecule has 2 aromatic heterocycles. The zero-order valence-electron chi connectivity index (χ0n) is 15.0. The Bertz CT molecular complexity index is 927. The van der Waals surface area contributed by atoms with E-state index < -0.39 is 0 Å². The molecule has 0 saturated carbocycles. The number of carbonyl (C=O) groups is 1. The number of hydrogen-bond acceptors (Lipinski definition) is 7. The van der Waals surface area contributed by atoms with E-state index in [1.54, 1.807) is 36.9 Å². The van der Waals surface area contributed by atoms with Crippen LogP contribution in [0.15, 0.2) is 58.7 Å². The molecule has 1 fully saturated rings. The average molecular weight is 399 g/mol. The highest BCUT2D eigenvalue weighted by Crippen LogP contribution is 2.26. The van der Waals surface area contributed by atoms with E-state index in [0.717, 1.165) is 24.5 Å². The molecule has 3 heterocycles. The van der Waals surface area contributed by atoms with Crippen LogP contribution in [0.4, 0.5) is 10.2 Å². The van der Waals surface area contributed by atoms with Crippen LogP contribution in [0.1, 0.15) is 0 Å². The van der Waals surface area contributed by atoms with Crippen LogP contribution in [0.2, 0.25) is 0 Å². The van der Waals surface area contributed by atoms with Crippen molar-refractivity contribution in [1.82, 2.24) is 19.9 Å². The van der Waals surface area contributed by atoms with Crippen LogP contribution in [-0.4, -0.2) is 57.7 Å². The summed E-state index contributed by atoms with van der Waals surface area (Å²) in [5.41, 5.74) is 0.743. The maximum atomic E-state index is 13.0. The number of rotatable bonds is 5. The van der Waals surface area contributed by atoms with Crippen molar-refractivity contribution in [3.05, 3.63) is 54.9 Å². The molecule has 0 spiro atoms. The summed E-state index contributed by atoms with van der Waals surface area (Å²) in [6.45, 7) is 2.73. The van der Waals surface area contributed by atoms with Crippen LogP contribution < -0.4 is 4.90 Å². The molecule has 0 unspecified atom stereocenters. The van der Waals surface area contributed by atoms with E-state index >= 15 is 0 Å². The Morgan fingerprint density at radius 3 is 2.57 bits per heavy atom. The van der Waals surface area contributed by atoms with Gasteiger partial charge in [0.05, 0.1) is 18.1 Å². The molecule has 7 nitrogen and oxygen atoms in total. The number of piperazine rings is 1. The second-order valence-corrected chi connectivity index (χ2v) is 7.14. The summed E-state index contributed by atoms with van der Waals surface area (Å²) >= 11 is 1.26. The number of amides is 1. The highest BCUT2D eigenvalue weighted by molar-refractivity contribution is 7.99. The molecule has 144 valence electrons. The Morgan fingerprint density at radius 2 is 1.86 bits per heavy atom. The Morgan fingerprint density at radius 1 is 1.07 bits per heavy atom. The van der Waals surface area contributed by atoms with E-state index in [4.69, 9.17) is 4.42 Å². The molecule has 0 bridgehead atoms. The van der Waals surface area contributed by atoms with Crippen LogP contribution >= 0.6 is 11.8 Å². The van der Waals surface area contributed by atoms with E-state index in [1.165, 1.54) is 23.9 Å². The third-order valence-electron chi connectivity index (χ3n) is 4.44. The van der Waals surface area contributed by atoms with Crippen LogP contribution in [0, 0.1) is 5.82 Å². The van der Waals surface area contributed by atoms with Gasteiger partial charge >= 0.3 is 0 Å². The molecule has 0 aliphatic carbocycles. The van der Waals surface area contributed by atoms with Gasteiger partial charge in [-0.3, -0.25) is 9.78 Å². The van der Waals surface area contributed by atoms with E-state index in [0.29, 0.717) is 24.1 Å². The van der Waals surface area contributed by atoms with Crippen molar-refractivity contribution in [2.75, 3.05) is 36.8 Å². The smallest absolute Gasteiger partial charge is 0.256 e. The number of hydrogen-bond donors (Lipinski definition) is 0. The first-order chi connectivity index (χ1) is 13.7. The standard InChI is InChI=1S/C19H18FN5O2S/c20-15-3-1-14(2-4-15)16-11-23-19(27-16)28-13-18(26)25-9-7-24(8-10-25)17-12-21-5-6-22-17/h1-6,11-12H,7-10,13H2. The number of aromatic nitrogens is 3. The molecule has 1 aliphatic heterocycles. The van der Waals surface area contributed by atoms with Crippen molar-refractivity contribution in [3.8, 4) is 11.3 Å². The zero-order chi connectivity index (χ0) is 19.3. The quantitative estimate of drug-likeness (QED) is 0.611. The van der Waals surface area contributed by atoms with Crippen molar-refractivity contribution in [2.45, 2.75) is 5.22 Å². The molecule has 1 amide bonds. The van der Waals surface area contributed by atoms with Crippen molar-refractivity contribution >= 4 is 23.5 Å². The van der Waals surface area contributed by atoms with E-state index in [9.17, 15) is 9.18 Å². The molecular weight excluding hydrogens is 381 g/mol. The topological polar surface area (TPSA) is 75.4 Å². The molecule has 0 radical (unpaired) electrons. The van der Waals surface area contributed by atoms with Crippen molar-refractivity contribution in [1.29, 1.82) is 0 Å². The summed E-state index contributed by atoms with van der Waals surface area (Å²) < 4.78 is 18.7. The maximum absolute atomic E-state index is 13.0. The fourth-order valence-corrected chi connectivity index (χ4v) is 3.63. The van der Waals surface area contributed by atoms with Gasteiger partial charge in [0.15, 0.2) is 5.76 Å². The van der Waals surface area contributed by atoms with Gasteiger partial charge in [0.1, 0.15) is 11.6 Å². The van der Waals surface area contributed by atoms with Gasteiger partial charge < -0.3 is 14.2 Å². The minimum absolute atomic E-state index is 0.0466. The second-order valence-electron chi connectivity index (χ2n) is 6.22. The molecule has 3 aromatic rings. The van der Waals surface area contributed by atoms with Crippen molar-refractivity contribution in [2.24, 2.45) is 0 Å². The Hall–Kier alpha value is -2.94. The lowest BCUT2D eigenvalue weighted by atomic mass is 10.2. The third-order valence-corrected chi connectivity index (χ3v) is 5.27. The third kappa shape index (κ3) is 4.30. The largest absolute Gasteiger partial charge is 0.431 e. The zero-order valence-corrected chi connectivity index (χ0v) is 15.8. The number of benzene rings is 1. The van der Waals surface area contributed by atoms with Gasteiger partial charge in [-0.1, -0.05) is 11.8 Å². The summed E-state index contributed by atoms with van der Waals surface area (Å²) in [4.78, 5) is 29.0. The molecule has 28 heavy (non-hydrogen) atoms. The summed E-state index contributed by atoms with van der Waals surface area (Å²) in [5.74, 6) is 1.38. The van der Waals surface area contributed by atoms with E-state index in [-0.39, 0.29) is 17.5 Å². The Labute approximate surface area is 165 Å². The molecule has 9 heteroatoms. The maximum Gasteiger partial charge on any atom is 0.256 e. The van der Waals surface area contributed by atoms with Gasteiger partial charge in [-0.05, 0) is 24.3 Å². The molecule has 0 N–H and O–H groups in total. The molecule has 4 rings (SSSR count). The van der Waals surface area contributed by atoms with Gasteiger partial charge in [-0.25, -0.2) is 14.4 Å². The molecule has 1 aromatic carbocycles. The number of oxazole rings is 1. The summed E-state index contributed by atoms with van der Waals surface area (Å²) in [6, 6.07) is 6.00. The molecular formula is C19H18FN5O2S. The van der Waals surface area contributed by atoms with Crippen LogP contribution in [0.25, 0.3) is 11.3 Å². The fraction of sp³-hybridized carbons (Fsp3) is 0.263. The van der Waals surface area contributed by atoms with E-state index in [2.05, 4.69) is 19.9 Å². The molecule has 1 saturated heterocycles. The van der Waals surface area contributed by atoms with Gasteiger partial charge in [0, 0.05) is 44.1 Å². The van der Waals surface area contributed by atoms with Gasteiger partial charge in [0.2, 0.25) is 5.91 Å². The Kier molecular flexibility index (Phi) is 5.52. The van der Waals surface area contributed by atoms with Crippen LogP contribution in [-0.2, 0) is 4.79 Å². The van der Waals surface area contributed by atoms with Gasteiger partial charge in [0.25, 0.3) is 5.22 Å². The Balaban J connectivity index is 1.28. The lowest BCUT2D eigenvalue weighted by molar-refractivity contribution is -0.128. The minimum atomic E-state index is -0.303. The normalized spacial score (nSPS) is 14.3. The number of carbonyl (C=O) groups excluding carboxylic acids is 1. The number of thioether (sulfide) groups is 1. The lowest BCUT2D eigenvalue weighted by Crippen LogP contribution is -2.49. The van der Waals surface area contributed by atoms with Crippen molar-refractivity contribution < 1.29 is 13.6 Å². The predicted octanol–water partition coefficient (Wildman–Crippen LogP) is 2.71. The van der Waals surface area contributed by atoms with Crippen LogP contribution in [0.5, 0.6) is 0 Å². The molecule has 1 aliphatic rings. The molecule has 0 atom stereocenters. The summed E-state index contributed by atoms with van der Waals surface area (Å²) in [5, 5.41) is 0.422. The predicted molar refractivity (Wildman–Crippen MR) is 103 cm³/mol. The highest BCUT2D eigenvalue weighted by atomic mass is 32.2. The summed E-state index contributed by atoms with van der Waals surface area (Å²) in [6.07, 6.45) is 6.62. The second kappa shape index (κ2) is 8.39. The first-order valence-electron chi connectivity index (χ1n) is 8.82. The highest BCUT2D eigenvalue weighted by Gasteiger charge is 2.22. The SMILES string of the molecule is O=C(CSc1ncc(-c2ccc(F)cc2)o1)N1CCN(c2cnccn2)CC1. The average Bonchev–Trinajstić information content (AvgIpc) is 3.22. The van der Waals surface area contributed by atoms with Crippen molar-refractivity contribution in [3.63, 3.8) is 0 Å². The van der Waals surface area contributed by atoms with Crippen LogP contribution in [0.3, 0.4) is 0 Å². The van der Waals surface area contributed by atoms with Gasteiger partial charge in [-0.2, -0.15) is 0 Å². The summed E-state index contributed by atoms with van der Waals surface area (Å²) in [7, 11) is 0. The van der Waals surface area contributed by atoms with E-state index in [1.807, 2.05) is 4.90 Å². The first kappa shape index (κ1) is 18.4. The number of nitrogens with zero attached hydrogens (tertiary/aromatic N) is 5. The monoisotopic (exact) mass is 399 g/mol. The van der Waals surface area contributed by atoms with Gasteiger partial charge in [-0.15, -0.1) is 0 Å².